The van der Waals surface area contributed by atoms with E-state index in [1.807, 2.05) is 0 Å². The number of hydrogen-bond donors (Lipinski definition) is 2. The van der Waals surface area contributed by atoms with Gasteiger partial charge < -0.3 is 10.6 Å². The Hall–Kier alpha value is -1.53. The van der Waals surface area contributed by atoms with E-state index < -0.39 is 12.6 Å². The molecule has 0 atom stereocenters. The van der Waals surface area contributed by atoms with E-state index in [1.54, 1.807) is 13.1 Å². The molecule has 0 radical (unpaired) electrons. The van der Waals surface area contributed by atoms with Gasteiger partial charge in [-0.3, -0.25) is 0 Å². The minimum absolute atomic E-state index is 0.125. The van der Waals surface area contributed by atoms with Crippen LogP contribution in [-0.2, 0) is 0 Å². The Morgan fingerprint density at radius 3 is 2.53 bits per heavy atom. The maximum absolute atomic E-state index is 11.9. The Morgan fingerprint density at radius 2 is 1.88 bits per heavy atom. The first-order valence-corrected chi connectivity index (χ1v) is 5.32. The van der Waals surface area contributed by atoms with Crippen molar-refractivity contribution in [3.05, 3.63) is 12.4 Å². The first-order chi connectivity index (χ1) is 8.01. The number of hydrogen-bond acceptors (Lipinski definition) is 4. The van der Waals surface area contributed by atoms with Gasteiger partial charge in [0.2, 0.25) is 0 Å². The molecule has 0 aromatic carbocycles. The fourth-order valence-electron chi connectivity index (χ4n) is 1.26. The van der Waals surface area contributed by atoms with E-state index in [1.165, 1.54) is 6.33 Å². The first-order valence-electron chi connectivity index (χ1n) is 5.32. The van der Waals surface area contributed by atoms with Gasteiger partial charge in [0.15, 0.2) is 0 Å². The van der Waals surface area contributed by atoms with E-state index in [-0.39, 0.29) is 6.42 Å². The zero-order valence-electron chi connectivity index (χ0n) is 9.51. The molecule has 0 bridgehead atoms. The molecule has 1 rings (SSSR count). The zero-order valence-corrected chi connectivity index (χ0v) is 9.51. The van der Waals surface area contributed by atoms with Crippen LogP contribution in [0.4, 0.5) is 24.8 Å². The topological polar surface area (TPSA) is 49.8 Å². The standard InChI is InChI=1S/C10H15F3N4/c1-14-8-6-9(17-7-16-8)15-5-3-2-4-10(11,12)13/h6-7H,2-5H2,1H3,(H2,14,15,16,17). The predicted octanol–water partition coefficient (Wildman–Crippen LogP) is 2.66. The molecular formula is C10H15F3N4. The molecule has 96 valence electrons. The summed E-state index contributed by atoms with van der Waals surface area (Å²) in [6, 6.07) is 1.70. The molecule has 2 N–H and O–H groups in total. The molecule has 1 heterocycles. The van der Waals surface area contributed by atoms with Gasteiger partial charge in [0.05, 0.1) is 0 Å². The molecule has 0 amide bonds. The van der Waals surface area contributed by atoms with Crippen molar-refractivity contribution in [2.24, 2.45) is 0 Å². The number of anilines is 2. The van der Waals surface area contributed by atoms with Crippen molar-refractivity contribution in [1.82, 2.24) is 9.97 Å². The van der Waals surface area contributed by atoms with Crippen LogP contribution < -0.4 is 10.6 Å². The van der Waals surface area contributed by atoms with E-state index in [2.05, 4.69) is 20.6 Å². The summed E-state index contributed by atoms with van der Waals surface area (Å²) in [4.78, 5) is 7.87. The first kappa shape index (κ1) is 13.5. The van der Waals surface area contributed by atoms with Crippen molar-refractivity contribution in [2.45, 2.75) is 25.4 Å². The number of nitrogens with one attached hydrogen (secondary N) is 2. The molecule has 0 aliphatic carbocycles. The number of aromatic nitrogens is 2. The lowest BCUT2D eigenvalue weighted by Gasteiger charge is -2.08. The lowest BCUT2D eigenvalue weighted by atomic mass is 10.2. The van der Waals surface area contributed by atoms with Crippen LogP contribution in [-0.4, -0.2) is 29.7 Å². The largest absolute Gasteiger partial charge is 0.389 e. The molecule has 0 saturated carbocycles. The van der Waals surface area contributed by atoms with E-state index >= 15 is 0 Å². The smallest absolute Gasteiger partial charge is 0.373 e. The minimum Gasteiger partial charge on any atom is -0.373 e. The number of rotatable bonds is 6. The Morgan fingerprint density at radius 1 is 1.18 bits per heavy atom. The quantitative estimate of drug-likeness (QED) is 0.760. The fraction of sp³-hybridized carbons (Fsp3) is 0.600. The molecule has 0 aliphatic rings. The Labute approximate surface area is 97.7 Å². The second kappa shape index (κ2) is 6.27. The normalized spacial score (nSPS) is 11.3. The van der Waals surface area contributed by atoms with Gasteiger partial charge >= 0.3 is 6.18 Å². The highest BCUT2D eigenvalue weighted by molar-refractivity contribution is 5.45. The summed E-state index contributed by atoms with van der Waals surface area (Å²) in [5, 5.41) is 5.80. The molecule has 0 fully saturated rings. The lowest BCUT2D eigenvalue weighted by molar-refractivity contribution is -0.135. The monoisotopic (exact) mass is 248 g/mol. The fourth-order valence-corrected chi connectivity index (χ4v) is 1.26. The van der Waals surface area contributed by atoms with Crippen LogP contribution in [0.25, 0.3) is 0 Å². The molecule has 1 aromatic heterocycles. The van der Waals surface area contributed by atoms with Gasteiger partial charge in [-0.25, -0.2) is 9.97 Å². The third-order valence-corrected chi connectivity index (χ3v) is 2.12. The van der Waals surface area contributed by atoms with Crippen LogP contribution >= 0.6 is 0 Å². The Balaban J connectivity index is 2.22. The van der Waals surface area contributed by atoms with Gasteiger partial charge in [-0.1, -0.05) is 0 Å². The number of nitrogens with zero attached hydrogens (tertiary/aromatic N) is 2. The zero-order chi connectivity index (χ0) is 12.7. The molecule has 1 aromatic rings. The number of halogens is 3. The summed E-state index contributed by atoms with van der Waals surface area (Å²) >= 11 is 0. The molecule has 0 spiro atoms. The van der Waals surface area contributed by atoms with Crippen molar-refractivity contribution in [3.8, 4) is 0 Å². The third kappa shape index (κ3) is 5.94. The summed E-state index contributed by atoms with van der Waals surface area (Å²) in [7, 11) is 1.73. The van der Waals surface area contributed by atoms with Crippen molar-refractivity contribution in [2.75, 3.05) is 24.2 Å². The molecule has 7 heteroatoms. The SMILES string of the molecule is CNc1cc(NCCCCC(F)(F)F)ncn1. The Kier molecular flexibility index (Phi) is 4.99. The summed E-state index contributed by atoms with van der Waals surface area (Å²) < 4.78 is 35.6. The van der Waals surface area contributed by atoms with Gasteiger partial charge in [0.25, 0.3) is 0 Å². The molecule has 0 aliphatic heterocycles. The average Bonchev–Trinajstić information content (AvgIpc) is 2.27. The average molecular weight is 248 g/mol. The number of unbranched alkanes of at least 4 members (excludes halogenated alkanes) is 1. The highest BCUT2D eigenvalue weighted by Gasteiger charge is 2.25. The molecule has 0 saturated heterocycles. The van der Waals surface area contributed by atoms with Crippen molar-refractivity contribution in [1.29, 1.82) is 0 Å². The van der Waals surface area contributed by atoms with Crippen molar-refractivity contribution >= 4 is 11.6 Å². The van der Waals surface area contributed by atoms with Crippen LogP contribution in [0, 0.1) is 0 Å². The predicted molar refractivity (Wildman–Crippen MR) is 60.0 cm³/mol. The van der Waals surface area contributed by atoms with E-state index in [0.717, 1.165) is 0 Å². The van der Waals surface area contributed by atoms with Crippen molar-refractivity contribution < 1.29 is 13.2 Å². The highest BCUT2D eigenvalue weighted by Crippen LogP contribution is 2.22. The van der Waals surface area contributed by atoms with Crippen LogP contribution in [0.3, 0.4) is 0 Å². The van der Waals surface area contributed by atoms with Crippen LogP contribution in [0.2, 0.25) is 0 Å². The summed E-state index contributed by atoms with van der Waals surface area (Å²) in [5.41, 5.74) is 0. The molecule has 17 heavy (non-hydrogen) atoms. The summed E-state index contributed by atoms with van der Waals surface area (Å²) in [6.07, 6.45) is -2.82. The van der Waals surface area contributed by atoms with E-state index in [4.69, 9.17) is 0 Å². The van der Waals surface area contributed by atoms with E-state index in [0.29, 0.717) is 24.6 Å². The maximum Gasteiger partial charge on any atom is 0.389 e. The van der Waals surface area contributed by atoms with E-state index in [9.17, 15) is 13.2 Å². The molecule has 4 nitrogen and oxygen atoms in total. The van der Waals surface area contributed by atoms with Crippen molar-refractivity contribution in [3.63, 3.8) is 0 Å². The van der Waals surface area contributed by atoms with Gasteiger partial charge in [-0.15, -0.1) is 0 Å². The second-order valence-corrected chi connectivity index (χ2v) is 3.54. The van der Waals surface area contributed by atoms with Gasteiger partial charge in [-0.2, -0.15) is 13.2 Å². The van der Waals surface area contributed by atoms with Crippen LogP contribution in [0.15, 0.2) is 12.4 Å². The summed E-state index contributed by atoms with van der Waals surface area (Å²) in [5.74, 6) is 1.27. The minimum atomic E-state index is -4.06. The summed E-state index contributed by atoms with van der Waals surface area (Å²) in [6.45, 7) is 0.468. The van der Waals surface area contributed by atoms with Gasteiger partial charge in [0, 0.05) is 26.1 Å². The molecular weight excluding hydrogens is 233 g/mol. The number of alkyl halides is 3. The van der Waals surface area contributed by atoms with Gasteiger partial charge in [-0.05, 0) is 12.8 Å². The lowest BCUT2D eigenvalue weighted by Crippen LogP contribution is -2.09. The maximum atomic E-state index is 11.9. The van der Waals surface area contributed by atoms with Crippen LogP contribution in [0.5, 0.6) is 0 Å². The third-order valence-electron chi connectivity index (χ3n) is 2.12. The van der Waals surface area contributed by atoms with Gasteiger partial charge in [0.1, 0.15) is 18.0 Å². The van der Waals surface area contributed by atoms with Crippen LogP contribution in [0.1, 0.15) is 19.3 Å². The second-order valence-electron chi connectivity index (χ2n) is 3.54. The highest BCUT2D eigenvalue weighted by atomic mass is 19.4. The Bertz CT molecular complexity index is 341. The molecule has 0 unspecified atom stereocenters.